The summed E-state index contributed by atoms with van der Waals surface area (Å²) in [6.07, 6.45) is 0. The van der Waals surface area contributed by atoms with Crippen molar-refractivity contribution in [1.82, 2.24) is 5.32 Å². The van der Waals surface area contributed by atoms with Crippen molar-refractivity contribution >= 4 is 0 Å². The van der Waals surface area contributed by atoms with Crippen molar-refractivity contribution in [1.29, 1.82) is 0 Å². The zero-order valence-electron chi connectivity index (χ0n) is 11.6. The van der Waals surface area contributed by atoms with Crippen LogP contribution in [-0.4, -0.2) is 6.61 Å². The van der Waals surface area contributed by atoms with Crippen LogP contribution in [0.25, 0.3) is 0 Å². The fraction of sp³-hybridized carbons (Fsp3) is 0.250. The maximum absolute atomic E-state index is 13.1. The van der Waals surface area contributed by atoms with Gasteiger partial charge in [0, 0.05) is 13.1 Å². The van der Waals surface area contributed by atoms with Gasteiger partial charge in [0.1, 0.15) is 11.6 Å². The molecule has 0 aromatic heterocycles. The number of benzene rings is 2. The summed E-state index contributed by atoms with van der Waals surface area (Å²) in [4.78, 5) is 0. The van der Waals surface area contributed by atoms with Crippen LogP contribution in [0.15, 0.2) is 42.5 Å². The Hall–Kier alpha value is -2.01. The van der Waals surface area contributed by atoms with E-state index in [1.54, 1.807) is 18.2 Å². The number of hydrogen-bond acceptors (Lipinski definition) is 2. The quantitative estimate of drug-likeness (QED) is 0.869. The molecule has 0 aliphatic carbocycles. The molecule has 0 bridgehead atoms. The minimum absolute atomic E-state index is 0.134. The average molecular weight is 295 g/mol. The summed E-state index contributed by atoms with van der Waals surface area (Å²) in [6.45, 7) is 0.210. The van der Waals surface area contributed by atoms with Gasteiger partial charge in [-0.05, 0) is 47.9 Å². The van der Waals surface area contributed by atoms with Gasteiger partial charge in [-0.3, -0.25) is 0 Å². The van der Waals surface area contributed by atoms with Crippen LogP contribution < -0.4 is 10.1 Å². The molecule has 0 unspecified atom stereocenters. The molecule has 21 heavy (non-hydrogen) atoms. The Morgan fingerprint density at radius 3 is 2.43 bits per heavy atom. The summed E-state index contributed by atoms with van der Waals surface area (Å²) in [7, 11) is 0. The lowest BCUT2D eigenvalue weighted by Gasteiger charge is -2.09. The van der Waals surface area contributed by atoms with Crippen molar-refractivity contribution in [3.63, 3.8) is 0 Å². The van der Waals surface area contributed by atoms with Crippen LogP contribution in [0.1, 0.15) is 16.7 Å². The summed E-state index contributed by atoms with van der Waals surface area (Å²) < 4.78 is 41.5. The third-order valence-electron chi connectivity index (χ3n) is 3.10. The Morgan fingerprint density at radius 2 is 1.76 bits per heavy atom. The van der Waals surface area contributed by atoms with E-state index in [1.807, 2.05) is 6.92 Å². The molecule has 0 aliphatic rings. The minimum Gasteiger partial charge on any atom is -0.435 e. The molecule has 5 heteroatoms. The number of aryl methyl sites for hydroxylation is 1. The molecular formula is C16H16F3NO. The van der Waals surface area contributed by atoms with E-state index in [0.717, 1.165) is 16.7 Å². The van der Waals surface area contributed by atoms with Crippen LogP contribution in [0.3, 0.4) is 0 Å². The van der Waals surface area contributed by atoms with Crippen molar-refractivity contribution < 1.29 is 17.9 Å². The molecule has 0 aliphatic heterocycles. The Kier molecular flexibility index (Phi) is 5.22. The van der Waals surface area contributed by atoms with E-state index >= 15 is 0 Å². The van der Waals surface area contributed by atoms with Crippen LogP contribution in [0, 0.1) is 12.7 Å². The third kappa shape index (κ3) is 4.79. The third-order valence-corrected chi connectivity index (χ3v) is 3.10. The largest absolute Gasteiger partial charge is 0.435 e. The molecule has 2 aromatic rings. The van der Waals surface area contributed by atoms with E-state index in [9.17, 15) is 13.2 Å². The molecule has 2 aromatic carbocycles. The van der Waals surface area contributed by atoms with E-state index < -0.39 is 6.61 Å². The molecule has 0 fully saturated rings. The summed E-state index contributed by atoms with van der Waals surface area (Å²) in [5, 5.41) is 3.19. The molecule has 0 atom stereocenters. The average Bonchev–Trinajstić information content (AvgIpc) is 2.44. The minimum atomic E-state index is -2.81. The fourth-order valence-corrected chi connectivity index (χ4v) is 1.96. The SMILES string of the molecule is Cc1ccc(F)cc1CNCc1ccc(OC(F)F)cc1. The maximum Gasteiger partial charge on any atom is 0.387 e. The van der Waals surface area contributed by atoms with Gasteiger partial charge >= 0.3 is 6.61 Å². The summed E-state index contributed by atoms with van der Waals surface area (Å²) in [5.74, 6) is -0.124. The number of halogens is 3. The van der Waals surface area contributed by atoms with Gasteiger partial charge in [0.05, 0.1) is 0 Å². The lowest BCUT2D eigenvalue weighted by atomic mass is 10.1. The maximum atomic E-state index is 13.1. The van der Waals surface area contributed by atoms with Gasteiger partial charge in [-0.15, -0.1) is 0 Å². The van der Waals surface area contributed by atoms with Gasteiger partial charge in [0.25, 0.3) is 0 Å². The molecule has 2 nitrogen and oxygen atoms in total. The predicted octanol–water partition coefficient (Wildman–Crippen LogP) is 4.03. The van der Waals surface area contributed by atoms with Crippen molar-refractivity contribution in [2.45, 2.75) is 26.6 Å². The van der Waals surface area contributed by atoms with E-state index in [-0.39, 0.29) is 11.6 Å². The van der Waals surface area contributed by atoms with E-state index in [4.69, 9.17) is 0 Å². The highest BCUT2D eigenvalue weighted by Gasteiger charge is 2.04. The summed E-state index contributed by atoms with van der Waals surface area (Å²) in [5.41, 5.74) is 2.85. The zero-order valence-corrected chi connectivity index (χ0v) is 11.6. The molecule has 1 N–H and O–H groups in total. The van der Waals surface area contributed by atoms with Gasteiger partial charge < -0.3 is 10.1 Å². The number of hydrogen-bond donors (Lipinski definition) is 1. The Labute approximate surface area is 121 Å². The van der Waals surface area contributed by atoms with E-state index in [2.05, 4.69) is 10.1 Å². The summed E-state index contributed by atoms with van der Waals surface area (Å²) >= 11 is 0. The van der Waals surface area contributed by atoms with E-state index in [0.29, 0.717) is 13.1 Å². The highest BCUT2D eigenvalue weighted by atomic mass is 19.3. The monoisotopic (exact) mass is 295 g/mol. The highest BCUT2D eigenvalue weighted by Crippen LogP contribution is 2.15. The van der Waals surface area contributed by atoms with Crippen LogP contribution in [0.5, 0.6) is 5.75 Å². The number of rotatable bonds is 6. The Balaban J connectivity index is 1.87. The molecule has 112 valence electrons. The second-order valence-electron chi connectivity index (χ2n) is 4.70. The van der Waals surface area contributed by atoms with Gasteiger partial charge in [-0.2, -0.15) is 8.78 Å². The first kappa shape index (κ1) is 15.4. The predicted molar refractivity (Wildman–Crippen MR) is 74.8 cm³/mol. The molecular weight excluding hydrogens is 279 g/mol. The number of nitrogens with one attached hydrogen (secondary N) is 1. The molecule has 0 amide bonds. The molecule has 0 heterocycles. The smallest absolute Gasteiger partial charge is 0.387 e. The highest BCUT2D eigenvalue weighted by molar-refractivity contribution is 5.28. The first-order valence-corrected chi connectivity index (χ1v) is 6.54. The van der Waals surface area contributed by atoms with Gasteiger partial charge in [0.15, 0.2) is 0 Å². The lowest BCUT2D eigenvalue weighted by molar-refractivity contribution is -0.0498. The number of alkyl halides is 2. The second-order valence-corrected chi connectivity index (χ2v) is 4.70. The van der Waals surface area contributed by atoms with Gasteiger partial charge in [-0.25, -0.2) is 4.39 Å². The van der Waals surface area contributed by atoms with Crippen LogP contribution in [0.2, 0.25) is 0 Å². The fourth-order valence-electron chi connectivity index (χ4n) is 1.96. The van der Waals surface area contributed by atoms with Crippen molar-refractivity contribution in [2.75, 3.05) is 0 Å². The molecule has 0 radical (unpaired) electrons. The van der Waals surface area contributed by atoms with Crippen LogP contribution in [-0.2, 0) is 13.1 Å². The number of ether oxygens (including phenoxy) is 1. The van der Waals surface area contributed by atoms with E-state index in [1.165, 1.54) is 24.3 Å². The zero-order chi connectivity index (χ0) is 15.2. The standard InChI is InChI=1S/C16H16F3NO/c1-11-2-5-14(17)8-13(11)10-20-9-12-3-6-15(7-4-12)21-16(18)19/h2-8,16,20H,9-10H2,1H3. The van der Waals surface area contributed by atoms with Gasteiger partial charge in [0.2, 0.25) is 0 Å². The topological polar surface area (TPSA) is 21.3 Å². The van der Waals surface area contributed by atoms with Crippen molar-refractivity contribution in [2.24, 2.45) is 0 Å². The normalized spacial score (nSPS) is 10.9. The molecule has 0 saturated carbocycles. The molecule has 0 saturated heterocycles. The van der Waals surface area contributed by atoms with Crippen molar-refractivity contribution in [3.05, 3.63) is 65.0 Å². The first-order chi connectivity index (χ1) is 10.0. The second kappa shape index (κ2) is 7.13. The van der Waals surface area contributed by atoms with Crippen molar-refractivity contribution in [3.8, 4) is 5.75 Å². The Bertz CT molecular complexity index is 585. The van der Waals surface area contributed by atoms with Crippen LogP contribution in [0.4, 0.5) is 13.2 Å². The lowest BCUT2D eigenvalue weighted by Crippen LogP contribution is -2.13. The summed E-state index contributed by atoms with van der Waals surface area (Å²) in [6, 6.07) is 11.1. The molecule has 0 spiro atoms. The first-order valence-electron chi connectivity index (χ1n) is 6.54. The Morgan fingerprint density at radius 1 is 1.05 bits per heavy atom. The van der Waals surface area contributed by atoms with Crippen LogP contribution >= 0.6 is 0 Å². The molecule has 2 rings (SSSR count). The van der Waals surface area contributed by atoms with Gasteiger partial charge in [-0.1, -0.05) is 18.2 Å².